The number of hydrogen-bond donors (Lipinski definition) is 2. The van der Waals surface area contributed by atoms with Crippen molar-refractivity contribution < 1.29 is 14.7 Å². The first-order chi connectivity index (χ1) is 9.80. The van der Waals surface area contributed by atoms with Crippen molar-refractivity contribution in [3.63, 3.8) is 0 Å². The molecule has 0 spiro atoms. The first-order valence-electron chi connectivity index (χ1n) is 6.71. The number of nitrogens with zero attached hydrogens (tertiary/aromatic N) is 1. The molecule has 0 bridgehead atoms. The van der Waals surface area contributed by atoms with Gasteiger partial charge in [-0.05, 0) is 30.0 Å². The fourth-order valence-electron chi connectivity index (χ4n) is 2.86. The van der Waals surface area contributed by atoms with Crippen LogP contribution in [-0.2, 0) is 9.59 Å². The molecule has 0 radical (unpaired) electrons. The molecule has 1 saturated carbocycles. The number of fused-ring (bicyclic) bond motifs is 1. The number of carboxylic acids is 1. The maximum atomic E-state index is 12.2. The van der Waals surface area contributed by atoms with Crippen molar-refractivity contribution in [2.45, 2.75) is 20.8 Å². The quantitative estimate of drug-likeness (QED) is 0.913. The topological polar surface area (TPSA) is 79.3 Å². The number of aromatic nitrogens is 1. The number of amides is 1. The minimum absolute atomic E-state index is 0.261. The number of aryl methyl sites for hydroxylation is 1. The molecule has 1 aliphatic rings. The summed E-state index contributed by atoms with van der Waals surface area (Å²) in [7, 11) is 0. The Morgan fingerprint density at radius 2 is 2.05 bits per heavy atom. The van der Waals surface area contributed by atoms with Gasteiger partial charge in [0.15, 0.2) is 5.13 Å². The Labute approximate surface area is 126 Å². The first kappa shape index (κ1) is 14.0. The van der Waals surface area contributed by atoms with Gasteiger partial charge in [0.25, 0.3) is 0 Å². The third-order valence-corrected chi connectivity index (χ3v) is 5.08. The van der Waals surface area contributed by atoms with E-state index in [1.807, 2.05) is 25.1 Å². The van der Waals surface area contributed by atoms with E-state index in [0.29, 0.717) is 5.13 Å². The van der Waals surface area contributed by atoms with Crippen LogP contribution in [0.4, 0.5) is 5.13 Å². The van der Waals surface area contributed by atoms with E-state index in [-0.39, 0.29) is 5.91 Å². The standard InChI is InChI=1S/C15H16N2O3S/c1-7-4-5-8-9(6-7)21-14(16-8)17-12(18)10-11(13(19)20)15(10,2)3/h4-6,10-11H,1-3H3,(H,19,20)(H,16,17,18)/t10-,11+/m1/s1. The van der Waals surface area contributed by atoms with Crippen LogP contribution in [0.5, 0.6) is 0 Å². The van der Waals surface area contributed by atoms with Crippen LogP contribution in [0.1, 0.15) is 19.4 Å². The largest absolute Gasteiger partial charge is 0.481 e. The molecule has 1 heterocycles. The van der Waals surface area contributed by atoms with Gasteiger partial charge >= 0.3 is 5.97 Å². The van der Waals surface area contributed by atoms with E-state index < -0.39 is 23.2 Å². The van der Waals surface area contributed by atoms with E-state index >= 15 is 0 Å². The molecule has 3 rings (SSSR count). The molecule has 1 amide bonds. The van der Waals surface area contributed by atoms with Crippen molar-refractivity contribution in [2.24, 2.45) is 17.3 Å². The summed E-state index contributed by atoms with van der Waals surface area (Å²) in [6.45, 7) is 5.61. The molecule has 1 aliphatic carbocycles. The van der Waals surface area contributed by atoms with Gasteiger partial charge in [-0.1, -0.05) is 31.3 Å². The smallest absolute Gasteiger partial charge is 0.307 e. The summed E-state index contributed by atoms with van der Waals surface area (Å²) < 4.78 is 1.01. The van der Waals surface area contributed by atoms with Gasteiger partial charge in [-0.15, -0.1) is 0 Å². The van der Waals surface area contributed by atoms with Gasteiger partial charge in [0, 0.05) is 0 Å². The molecule has 21 heavy (non-hydrogen) atoms. The SMILES string of the molecule is Cc1ccc2nc(NC(=O)[C@H]3[C@@H](C(=O)O)C3(C)C)sc2c1. The van der Waals surface area contributed by atoms with Crippen LogP contribution in [0.3, 0.4) is 0 Å². The minimum atomic E-state index is -0.917. The molecule has 0 aliphatic heterocycles. The van der Waals surface area contributed by atoms with Crippen LogP contribution in [0.2, 0.25) is 0 Å². The average Bonchev–Trinajstić information content (AvgIpc) is 2.75. The summed E-state index contributed by atoms with van der Waals surface area (Å²) in [5.41, 5.74) is 1.48. The molecule has 2 atom stereocenters. The molecule has 5 nitrogen and oxygen atoms in total. The summed E-state index contributed by atoms with van der Waals surface area (Å²) in [5, 5.41) is 12.4. The molecule has 6 heteroatoms. The highest BCUT2D eigenvalue weighted by molar-refractivity contribution is 7.22. The van der Waals surface area contributed by atoms with E-state index in [9.17, 15) is 9.59 Å². The van der Waals surface area contributed by atoms with Gasteiger partial charge in [-0.2, -0.15) is 0 Å². The molecular formula is C15H16N2O3S. The van der Waals surface area contributed by atoms with Crippen LogP contribution in [0.15, 0.2) is 18.2 Å². The van der Waals surface area contributed by atoms with E-state index in [4.69, 9.17) is 5.11 Å². The van der Waals surface area contributed by atoms with Crippen molar-refractivity contribution in [1.29, 1.82) is 0 Å². The second kappa shape index (κ2) is 4.53. The van der Waals surface area contributed by atoms with Gasteiger partial charge < -0.3 is 10.4 Å². The van der Waals surface area contributed by atoms with Crippen molar-refractivity contribution in [3.8, 4) is 0 Å². The lowest BCUT2D eigenvalue weighted by Gasteiger charge is -2.02. The van der Waals surface area contributed by atoms with Gasteiger partial charge in [0.05, 0.1) is 22.1 Å². The minimum Gasteiger partial charge on any atom is -0.481 e. The normalized spacial score (nSPS) is 23.0. The van der Waals surface area contributed by atoms with Gasteiger partial charge in [0.1, 0.15) is 0 Å². The van der Waals surface area contributed by atoms with Gasteiger partial charge in [-0.3, -0.25) is 9.59 Å². The maximum Gasteiger partial charge on any atom is 0.307 e. The van der Waals surface area contributed by atoms with Crippen LogP contribution in [-0.4, -0.2) is 22.0 Å². The Morgan fingerprint density at radius 3 is 2.67 bits per heavy atom. The zero-order valence-corrected chi connectivity index (χ0v) is 12.8. The Morgan fingerprint density at radius 1 is 1.33 bits per heavy atom. The fourth-order valence-corrected chi connectivity index (χ4v) is 3.82. The molecule has 2 aromatic rings. The number of carbonyl (C=O) groups is 2. The predicted molar refractivity (Wildman–Crippen MR) is 81.4 cm³/mol. The van der Waals surface area contributed by atoms with Crippen molar-refractivity contribution in [2.75, 3.05) is 5.32 Å². The molecule has 1 fully saturated rings. The van der Waals surface area contributed by atoms with E-state index in [1.165, 1.54) is 11.3 Å². The predicted octanol–water partition coefficient (Wildman–Crippen LogP) is 2.90. The average molecular weight is 304 g/mol. The number of thiazole rings is 1. The van der Waals surface area contributed by atoms with Crippen molar-refractivity contribution >= 4 is 38.6 Å². The number of anilines is 1. The van der Waals surface area contributed by atoms with Crippen molar-refractivity contribution in [1.82, 2.24) is 4.98 Å². The second-order valence-electron chi connectivity index (χ2n) is 6.09. The third-order valence-electron chi connectivity index (χ3n) is 4.15. The Balaban J connectivity index is 1.80. The molecule has 1 aromatic carbocycles. The zero-order chi connectivity index (χ0) is 15.4. The van der Waals surface area contributed by atoms with Crippen LogP contribution >= 0.6 is 11.3 Å². The second-order valence-corrected chi connectivity index (χ2v) is 7.13. The molecule has 0 unspecified atom stereocenters. The molecular weight excluding hydrogens is 288 g/mol. The van der Waals surface area contributed by atoms with E-state index in [1.54, 1.807) is 13.8 Å². The highest BCUT2D eigenvalue weighted by Gasteiger charge is 2.65. The summed E-state index contributed by atoms with van der Waals surface area (Å²) in [6, 6.07) is 5.90. The first-order valence-corrected chi connectivity index (χ1v) is 7.53. The van der Waals surface area contributed by atoms with E-state index in [0.717, 1.165) is 15.8 Å². The molecule has 1 aromatic heterocycles. The highest BCUT2D eigenvalue weighted by atomic mass is 32.1. The Bertz CT molecular complexity index is 750. The molecule has 110 valence electrons. The van der Waals surface area contributed by atoms with Crippen LogP contribution in [0.25, 0.3) is 10.2 Å². The van der Waals surface area contributed by atoms with Gasteiger partial charge in [0.2, 0.25) is 5.91 Å². The number of nitrogens with one attached hydrogen (secondary N) is 1. The van der Waals surface area contributed by atoms with Gasteiger partial charge in [-0.25, -0.2) is 4.98 Å². The molecule has 2 N–H and O–H groups in total. The third kappa shape index (κ3) is 2.29. The zero-order valence-electron chi connectivity index (χ0n) is 12.0. The number of benzene rings is 1. The van der Waals surface area contributed by atoms with Crippen LogP contribution in [0, 0.1) is 24.2 Å². The number of rotatable bonds is 3. The van der Waals surface area contributed by atoms with Crippen molar-refractivity contribution in [3.05, 3.63) is 23.8 Å². The highest BCUT2D eigenvalue weighted by Crippen LogP contribution is 2.58. The summed E-state index contributed by atoms with van der Waals surface area (Å²) in [6.07, 6.45) is 0. The lowest BCUT2D eigenvalue weighted by Crippen LogP contribution is -2.17. The number of carbonyl (C=O) groups excluding carboxylic acids is 1. The lowest BCUT2D eigenvalue weighted by atomic mass is 10.1. The van der Waals surface area contributed by atoms with Crippen LogP contribution < -0.4 is 5.32 Å². The summed E-state index contributed by atoms with van der Waals surface area (Å²) in [5.74, 6) is -2.29. The number of aliphatic carboxylic acids is 1. The monoisotopic (exact) mass is 304 g/mol. The lowest BCUT2D eigenvalue weighted by molar-refractivity contribution is -0.140. The van der Waals surface area contributed by atoms with E-state index in [2.05, 4.69) is 10.3 Å². The molecule has 0 saturated heterocycles. The Kier molecular flexibility index (Phi) is 3.02. The number of hydrogen-bond acceptors (Lipinski definition) is 4. The summed E-state index contributed by atoms with van der Waals surface area (Å²) in [4.78, 5) is 27.7. The fraction of sp³-hybridized carbons (Fsp3) is 0.400. The number of carboxylic acid groups (broad SMARTS) is 1. The summed E-state index contributed by atoms with van der Waals surface area (Å²) >= 11 is 1.40. The maximum absolute atomic E-state index is 12.2. The Hall–Kier alpha value is -1.95.